The van der Waals surface area contributed by atoms with Gasteiger partial charge in [0.2, 0.25) is 5.91 Å². The van der Waals surface area contributed by atoms with E-state index in [0.717, 1.165) is 11.4 Å². The van der Waals surface area contributed by atoms with Crippen molar-refractivity contribution >= 4 is 5.91 Å². The van der Waals surface area contributed by atoms with E-state index in [-0.39, 0.29) is 17.9 Å². The average molecular weight is 310 g/mol. The number of benzene rings is 1. The molecule has 2 N–H and O–H groups in total. The number of aromatic nitrogens is 3. The summed E-state index contributed by atoms with van der Waals surface area (Å²) in [4.78, 5) is 16.9. The van der Waals surface area contributed by atoms with Crippen molar-refractivity contribution in [1.82, 2.24) is 20.5 Å². The zero-order valence-electron chi connectivity index (χ0n) is 13.1. The van der Waals surface area contributed by atoms with Gasteiger partial charge in [0.1, 0.15) is 12.2 Å². The Labute approximate surface area is 135 Å². The van der Waals surface area contributed by atoms with Crippen LogP contribution in [0.3, 0.4) is 0 Å². The molecule has 2 fully saturated rings. The summed E-state index contributed by atoms with van der Waals surface area (Å²) in [5, 5.41) is 10.1. The number of fused-ring (bicyclic) bond motifs is 1. The van der Waals surface area contributed by atoms with Crippen molar-refractivity contribution in [3.8, 4) is 0 Å². The molecule has 120 valence electrons. The van der Waals surface area contributed by atoms with Crippen LogP contribution >= 0.6 is 0 Å². The molecule has 1 aromatic heterocycles. The Morgan fingerprint density at radius 3 is 2.61 bits per heavy atom. The van der Waals surface area contributed by atoms with Crippen LogP contribution in [0.2, 0.25) is 0 Å². The maximum absolute atomic E-state index is 12.7. The molecule has 2 aromatic rings. The van der Waals surface area contributed by atoms with Gasteiger partial charge in [0.05, 0.1) is 6.04 Å². The second-order valence-corrected chi connectivity index (χ2v) is 6.75. The highest BCUT2D eigenvalue weighted by atomic mass is 16.2. The highest BCUT2D eigenvalue weighted by molar-refractivity contribution is 5.82. The lowest BCUT2D eigenvalue weighted by Gasteiger charge is -2.18. The molecule has 2 aliphatic rings. The van der Waals surface area contributed by atoms with Gasteiger partial charge in [-0.1, -0.05) is 43.2 Å². The van der Waals surface area contributed by atoms with Crippen molar-refractivity contribution in [3.05, 3.63) is 48.0 Å². The first-order chi connectivity index (χ1) is 11.3. The summed E-state index contributed by atoms with van der Waals surface area (Å²) in [6, 6.07) is 10.1. The summed E-state index contributed by atoms with van der Waals surface area (Å²) in [5.41, 5.74) is 1.11. The van der Waals surface area contributed by atoms with Crippen molar-refractivity contribution < 1.29 is 4.79 Å². The summed E-state index contributed by atoms with van der Waals surface area (Å²) in [5.74, 6) is 2.51. The predicted octanol–water partition coefficient (Wildman–Crippen LogP) is 2.64. The SMILES string of the molecule is O=C(NC(Cc1ncn[nH]1)c1ccccc1)C1C2CCCCC21. The van der Waals surface area contributed by atoms with Crippen molar-refractivity contribution in [2.75, 3.05) is 0 Å². The molecule has 2 saturated carbocycles. The van der Waals surface area contributed by atoms with E-state index in [2.05, 4.69) is 32.6 Å². The number of nitrogens with zero attached hydrogens (tertiary/aromatic N) is 2. The van der Waals surface area contributed by atoms with Gasteiger partial charge in [-0.2, -0.15) is 5.10 Å². The molecular weight excluding hydrogens is 288 g/mol. The van der Waals surface area contributed by atoms with Gasteiger partial charge in [-0.15, -0.1) is 0 Å². The van der Waals surface area contributed by atoms with Crippen LogP contribution in [0.5, 0.6) is 0 Å². The second-order valence-electron chi connectivity index (χ2n) is 6.75. The summed E-state index contributed by atoms with van der Waals surface area (Å²) in [6.07, 6.45) is 7.16. The van der Waals surface area contributed by atoms with Gasteiger partial charge in [0, 0.05) is 12.3 Å². The minimum Gasteiger partial charge on any atom is -0.349 e. The predicted molar refractivity (Wildman–Crippen MR) is 86.4 cm³/mol. The van der Waals surface area contributed by atoms with E-state index >= 15 is 0 Å². The number of nitrogens with one attached hydrogen (secondary N) is 2. The van der Waals surface area contributed by atoms with Crippen LogP contribution in [0, 0.1) is 17.8 Å². The number of carbonyl (C=O) groups is 1. The van der Waals surface area contributed by atoms with Crippen molar-refractivity contribution in [2.45, 2.75) is 38.1 Å². The van der Waals surface area contributed by atoms with Crippen molar-refractivity contribution in [2.24, 2.45) is 17.8 Å². The first kappa shape index (κ1) is 14.4. The van der Waals surface area contributed by atoms with Gasteiger partial charge < -0.3 is 5.32 Å². The molecule has 0 spiro atoms. The average Bonchev–Trinajstić information content (AvgIpc) is 3.11. The zero-order valence-corrected chi connectivity index (χ0v) is 13.1. The van der Waals surface area contributed by atoms with Crippen molar-refractivity contribution in [3.63, 3.8) is 0 Å². The molecule has 1 heterocycles. The Kier molecular flexibility index (Phi) is 3.85. The maximum Gasteiger partial charge on any atom is 0.224 e. The first-order valence-electron chi connectivity index (χ1n) is 8.52. The number of hydrogen-bond acceptors (Lipinski definition) is 3. The quantitative estimate of drug-likeness (QED) is 0.892. The Hall–Kier alpha value is -2.17. The summed E-state index contributed by atoms with van der Waals surface area (Å²) >= 11 is 0. The molecule has 4 rings (SSSR count). The van der Waals surface area contributed by atoms with Crippen LogP contribution in [-0.2, 0) is 11.2 Å². The molecule has 2 aliphatic carbocycles. The Bertz CT molecular complexity index is 643. The van der Waals surface area contributed by atoms with E-state index in [4.69, 9.17) is 0 Å². The highest BCUT2D eigenvalue weighted by Gasteiger charge is 2.54. The van der Waals surface area contributed by atoms with Gasteiger partial charge in [0.15, 0.2) is 0 Å². The third-order valence-electron chi connectivity index (χ3n) is 5.34. The molecule has 3 atom stereocenters. The van der Waals surface area contributed by atoms with Gasteiger partial charge in [-0.25, -0.2) is 4.98 Å². The molecule has 1 amide bonds. The van der Waals surface area contributed by atoms with E-state index in [1.165, 1.54) is 32.0 Å². The fourth-order valence-corrected chi connectivity index (χ4v) is 4.11. The van der Waals surface area contributed by atoms with Gasteiger partial charge in [-0.3, -0.25) is 9.89 Å². The molecule has 0 aliphatic heterocycles. The maximum atomic E-state index is 12.7. The van der Waals surface area contributed by atoms with Crippen LogP contribution in [0.25, 0.3) is 0 Å². The van der Waals surface area contributed by atoms with Crippen molar-refractivity contribution in [1.29, 1.82) is 0 Å². The van der Waals surface area contributed by atoms with E-state index in [0.29, 0.717) is 18.3 Å². The van der Waals surface area contributed by atoms with Crippen LogP contribution in [-0.4, -0.2) is 21.1 Å². The number of hydrogen-bond donors (Lipinski definition) is 2. The molecule has 5 nitrogen and oxygen atoms in total. The smallest absolute Gasteiger partial charge is 0.224 e. The Morgan fingerprint density at radius 1 is 1.22 bits per heavy atom. The second kappa shape index (κ2) is 6.14. The highest BCUT2D eigenvalue weighted by Crippen LogP contribution is 2.55. The van der Waals surface area contributed by atoms with Gasteiger partial charge in [0.25, 0.3) is 0 Å². The van der Waals surface area contributed by atoms with E-state index in [9.17, 15) is 4.79 Å². The minimum absolute atomic E-state index is 0.0562. The monoisotopic (exact) mass is 310 g/mol. The minimum atomic E-state index is -0.0562. The lowest BCUT2D eigenvalue weighted by atomic mass is 10.0. The van der Waals surface area contributed by atoms with E-state index < -0.39 is 0 Å². The summed E-state index contributed by atoms with van der Waals surface area (Å²) in [7, 11) is 0. The molecule has 1 aromatic carbocycles. The third-order valence-corrected chi connectivity index (χ3v) is 5.34. The Balaban J connectivity index is 1.48. The third kappa shape index (κ3) is 3.00. The molecule has 0 radical (unpaired) electrons. The molecule has 3 unspecified atom stereocenters. The van der Waals surface area contributed by atoms with Crippen LogP contribution in [0.1, 0.15) is 43.1 Å². The largest absolute Gasteiger partial charge is 0.349 e. The number of amides is 1. The fourth-order valence-electron chi connectivity index (χ4n) is 4.11. The summed E-state index contributed by atoms with van der Waals surface area (Å²) < 4.78 is 0. The normalized spacial score (nSPS) is 27.0. The number of H-pyrrole nitrogens is 1. The van der Waals surface area contributed by atoms with E-state index in [1.807, 2.05) is 18.2 Å². The topological polar surface area (TPSA) is 70.7 Å². The van der Waals surface area contributed by atoms with Crippen LogP contribution in [0.15, 0.2) is 36.7 Å². The van der Waals surface area contributed by atoms with Crippen LogP contribution in [0.4, 0.5) is 0 Å². The lowest BCUT2D eigenvalue weighted by Crippen LogP contribution is -2.32. The Morgan fingerprint density at radius 2 is 1.96 bits per heavy atom. The van der Waals surface area contributed by atoms with Gasteiger partial charge >= 0.3 is 0 Å². The van der Waals surface area contributed by atoms with Gasteiger partial charge in [-0.05, 0) is 30.2 Å². The molecule has 0 bridgehead atoms. The van der Waals surface area contributed by atoms with E-state index in [1.54, 1.807) is 0 Å². The standard InChI is InChI=1S/C18H22N4O/c23-18(17-13-8-4-5-9-14(13)17)21-15(10-16-19-11-20-22-16)12-6-2-1-3-7-12/h1-3,6-7,11,13-15,17H,4-5,8-10H2,(H,21,23)(H,19,20,22). The zero-order chi connectivity index (χ0) is 15.6. The molecule has 5 heteroatoms. The number of rotatable bonds is 5. The molecule has 23 heavy (non-hydrogen) atoms. The fraction of sp³-hybridized carbons (Fsp3) is 0.500. The first-order valence-corrected chi connectivity index (χ1v) is 8.52. The number of carbonyl (C=O) groups excluding carboxylic acids is 1. The lowest BCUT2D eigenvalue weighted by molar-refractivity contribution is -0.123. The molecular formula is C18H22N4O. The summed E-state index contributed by atoms with van der Waals surface area (Å²) in [6.45, 7) is 0. The molecule has 0 saturated heterocycles. The van der Waals surface area contributed by atoms with Crippen LogP contribution < -0.4 is 5.32 Å². The number of aromatic amines is 1.